The maximum atomic E-state index is 6.15. The molecule has 2 N–H and O–H groups in total. The van der Waals surface area contributed by atoms with Gasteiger partial charge in [-0.25, -0.2) is 0 Å². The van der Waals surface area contributed by atoms with Crippen molar-refractivity contribution in [3.05, 3.63) is 15.9 Å². The zero-order valence-electron chi connectivity index (χ0n) is 11.2. The smallest absolute Gasteiger partial charge is 0.0766 e. The van der Waals surface area contributed by atoms with E-state index >= 15 is 0 Å². The molecule has 0 saturated carbocycles. The summed E-state index contributed by atoms with van der Waals surface area (Å²) in [4.78, 5) is 2.12. The fraction of sp³-hybridized carbons (Fsp3) is 0.750. The predicted octanol–water partition coefficient (Wildman–Crippen LogP) is 1.66. The highest BCUT2D eigenvalue weighted by Crippen LogP contribution is 2.23. The highest BCUT2D eigenvalue weighted by molar-refractivity contribution is 9.10. The van der Waals surface area contributed by atoms with E-state index in [4.69, 9.17) is 5.73 Å². The number of hydrogen-bond acceptors (Lipinski definition) is 3. The molecule has 98 valence electrons. The molecule has 0 aliphatic carbocycles. The van der Waals surface area contributed by atoms with Crippen LogP contribution in [0.2, 0.25) is 0 Å². The lowest BCUT2D eigenvalue weighted by atomic mass is 10.1. The SMILES string of the molecule is CCc1nn(CC)c(CC(N)CN(C)C)c1Br. The molecule has 0 aliphatic heterocycles. The van der Waals surface area contributed by atoms with Gasteiger partial charge in [0.05, 0.1) is 15.9 Å². The third-order valence-corrected chi connectivity index (χ3v) is 3.66. The fourth-order valence-electron chi connectivity index (χ4n) is 1.99. The normalized spacial score (nSPS) is 13.4. The molecule has 0 amide bonds. The Balaban J connectivity index is 2.85. The van der Waals surface area contributed by atoms with Gasteiger partial charge in [-0.05, 0) is 43.4 Å². The van der Waals surface area contributed by atoms with Crippen molar-refractivity contribution in [1.29, 1.82) is 0 Å². The molecule has 0 aliphatic rings. The lowest BCUT2D eigenvalue weighted by Gasteiger charge is -2.17. The Morgan fingerprint density at radius 2 is 2.06 bits per heavy atom. The molecule has 0 bridgehead atoms. The first kappa shape index (κ1) is 14.7. The quantitative estimate of drug-likeness (QED) is 0.869. The lowest BCUT2D eigenvalue weighted by Crippen LogP contribution is -2.35. The molecule has 1 aromatic rings. The number of likely N-dealkylation sites (N-methyl/N-ethyl adjacent to an activating group) is 1. The average molecular weight is 303 g/mol. The van der Waals surface area contributed by atoms with Crippen molar-refractivity contribution in [1.82, 2.24) is 14.7 Å². The van der Waals surface area contributed by atoms with E-state index in [0.717, 1.165) is 36.1 Å². The minimum Gasteiger partial charge on any atom is -0.326 e. The molecule has 0 spiro atoms. The monoisotopic (exact) mass is 302 g/mol. The van der Waals surface area contributed by atoms with Gasteiger partial charge in [-0.2, -0.15) is 5.10 Å². The first-order valence-corrected chi connectivity index (χ1v) is 6.93. The van der Waals surface area contributed by atoms with Crippen LogP contribution in [0.5, 0.6) is 0 Å². The minimum atomic E-state index is 0.146. The van der Waals surface area contributed by atoms with Gasteiger partial charge < -0.3 is 10.6 Å². The summed E-state index contributed by atoms with van der Waals surface area (Å²) in [5.41, 5.74) is 8.49. The highest BCUT2D eigenvalue weighted by Gasteiger charge is 2.16. The zero-order valence-corrected chi connectivity index (χ0v) is 12.8. The van der Waals surface area contributed by atoms with Crippen LogP contribution >= 0.6 is 15.9 Å². The molecule has 1 heterocycles. The van der Waals surface area contributed by atoms with Crippen molar-refractivity contribution in [2.45, 2.75) is 39.3 Å². The molecule has 5 heteroatoms. The van der Waals surface area contributed by atoms with Gasteiger partial charge in [0.15, 0.2) is 0 Å². The van der Waals surface area contributed by atoms with E-state index in [0.29, 0.717) is 0 Å². The van der Waals surface area contributed by atoms with Crippen LogP contribution < -0.4 is 5.73 Å². The molecule has 1 atom stereocenters. The Bertz CT molecular complexity index is 360. The Morgan fingerprint density at radius 1 is 1.41 bits per heavy atom. The fourth-order valence-corrected chi connectivity index (χ4v) is 2.72. The molecule has 4 nitrogen and oxygen atoms in total. The maximum absolute atomic E-state index is 6.15. The Hall–Kier alpha value is -0.390. The van der Waals surface area contributed by atoms with Crippen LogP contribution in [-0.4, -0.2) is 41.4 Å². The minimum absolute atomic E-state index is 0.146. The van der Waals surface area contributed by atoms with Gasteiger partial charge in [0, 0.05) is 25.6 Å². The summed E-state index contributed by atoms with van der Waals surface area (Å²) in [6.45, 7) is 6.02. The molecular formula is C12H23BrN4. The Labute approximate surface area is 112 Å². The Morgan fingerprint density at radius 3 is 2.53 bits per heavy atom. The first-order valence-electron chi connectivity index (χ1n) is 6.13. The van der Waals surface area contributed by atoms with E-state index in [2.05, 4.69) is 44.5 Å². The number of hydrogen-bond donors (Lipinski definition) is 1. The van der Waals surface area contributed by atoms with Gasteiger partial charge in [-0.15, -0.1) is 0 Å². The van der Waals surface area contributed by atoms with Crippen LogP contribution in [-0.2, 0) is 19.4 Å². The summed E-state index contributed by atoms with van der Waals surface area (Å²) in [5, 5.41) is 4.58. The number of aryl methyl sites for hydroxylation is 2. The molecule has 0 saturated heterocycles. The third kappa shape index (κ3) is 3.79. The first-order chi connectivity index (χ1) is 7.99. The van der Waals surface area contributed by atoms with E-state index in [1.54, 1.807) is 0 Å². The largest absolute Gasteiger partial charge is 0.326 e. The second-order valence-corrected chi connectivity index (χ2v) is 5.40. The van der Waals surface area contributed by atoms with Crippen molar-refractivity contribution in [3.63, 3.8) is 0 Å². The van der Waals surface area contributed by atoms with Gasteiger partial charge in [0.1, 0.15) is 0 Å². The van der Waals surface area contributed by atoms with Gasteiger partial charge in [-0.1, -0.05) is 6.92 Å². The predicted molar refractivity (Wildman–Crippen MR) is 75.2 cm³/mol. The number of nitrogens with two attached hydrogens (primary N) is 1. The van der Waals surface area contributed by atoms with E-state index in [1.807, 2.05) is 14.1 Å². The van der Waals surface area contributed by atoms with Crippen molar-refractivity contribution < 1.29 is 0 Å². The molecule has 1 unspecified atom stereocenters. The molecule has 1 rings (SSSR count). The van der Waals surface area contributed by atoms with Crippen LogP contribution in [0.25, 0.3) is 0 Å². The topological polar surface area (TPSA) is 47.1 Å². The van der Waals surface area contributed by atoms with E-state index in [9.17, 15) is 0 Å². The van der Waals surface area contributed by atoms with Crippen LogP contribution in [0.1, 0.15) is 25.2 Å². The summed E-state index contributed by atoms with van der Waals surface area (Å²) in [6, 6.07) is 0.146. The summed E-state index contributed by atoms with van der Waals surface area (Å²) in [6.07, 6.45) is 1.81. The van der Waals surface area contributed by atoms with E-state index < -0.39 is 0 Å². The van der Waals surface area contributed by atoms with Gasteiger partial charge >= 0.3 is 0 Å². The maximum Gasteiger partial charge on any atom is 0.0766 e. The van der Waals surface area contributed by atoms with Crippen LogP contribution in [0, 0.1) is 0 Å². The van der Waals surface area contributed by atoms with Crippen molar-refractivity contribution in [2.75, 3.05) is 20.6 Å². The highest BCUT2D eigenvalue weighted by atomic mass is 79.9. The lowest BCUT2D eigenvalue weighted by molar-refractivity contribution is 0.367. The number of halogens is 1. The Kier molecular flexibility index (Phi) is 5.62. The van der Waals surface area contributed by atoms with Gasteiger partial charge in [-0.3, -0.25) is 4.68 Å². The molecule has 0 aromatic carbocycles. The second kappa shape index (κ2) is 6.52. The molecule has 1 aromatic heterocycles. The molecule has 0 fully saturated rings. The van der Waals surface area contributed by atoms with Crippen molar-refractivity contribution in [3.8, 4) is 0 Å². The number of aromatic nitrogens is 2. The summed E-state index contributed by atoms with van der Waals surface area (Å²) >= 11 is 3.65. The summed E-state index contributed by atoms with van der Waals surface area (Å²) in [7, 11) is 4.09. The summed E-state index contributed by atoms with van der Waals surface area (Å²) < 4.78 is 3.19. The van der Waals surface area contributed by atoms with Crippen molar-refractivity contribution >= 4 is 15.9 Å². The van der Waals surface area contributed by atoms with E-state index in [1.165, 1.54) is 5.69 Å². The summed E-state index contributed by atoms with van der Waals surface area (Å²) in [5.74, 6) is 0. The van der Waals surface area contributed by atoms with Crippen LogP contribution in [0.15, 0.2) is 4.47 Å². The average Bonchev–Trinajstić information content (AvgIpc) is 2.55. The molecule has 17 heavy (non-hydrogen) atoms. The molecule has 0 radical (unpaired) electrons. The second-order valence-electron chi connectivity index (χ2n) is 4.60. The standard InChI is InChI=1S/C12H23BrN4/c1-5-10-12(13)11(17(6-2)15-10)7-9(14)8-16(3)4/h9H,5-8,14H2,1-4H3. The van der Waals surface area contributed by atoms with Crippen molar-refractivity contribution in [2.24, 2.45) is 5.73 Å². The third-order valence-electron chi connectivity index (χ3n) is 2.75. The zero-order chi connectivity index (χ0) is 13.0. The number of rotatable bonds is 6. The number of nitrogens with zero attached hydrogens (tertiary/aromatic N) is 3. The van der Waals surface area contributed by atoms with Crippen LogP contribution in [0.3, 0.4) is 0 Å². The van der Waals surface area contributed by atoms with Gasteiger partial charge in [0.25, 0.3) is 0 Å². The van der Waals surface area contributed by atoms with Gasteiger partial charge in [0.2, 0.25) is 0 Å². The van der Waals surface area contributed by atoms with E-state index in [-0.39, 0.29) is 6.04 Å². The van der Waals surface area contributed by atoms with Crippen LogP contribution in [0.4, 0.5) is 0 Å². The molecular weight excluding hydrogens is 280 g/mol.